The summed E-state index contributed by atoms with van der Waals surface area (Å²) in [6, 6.07) is 10.8. The van der Waals surface area contributed by atoms with Crippen LogP contribution in [0.2, 0.25) is 5.02 Å². The maximum Gasteiger partial charge on any atom is 0.277 e. The van der Waals surface area contributed by atoms with Crippen molar-refractivity contribution in [2.24, 2.45) is 5.10 Å². The van der Waals surface area contributed by atoms with E-state index in [0.717, 1.165) is 8.66 Å². The summed E-state index contributed by atoms with van der Waals surface area (Å²) in [5.74, 6) is 0.118. The number of rotatable bonds is 5. The second kappa shape index (κ2) is 7.42. The Morgan fingerprint density at radius 2 is 2.20 bits per heavy atom. The van der Waals surface area contributed by atoms with E-state index in [1.165, 1.54) is 11.3 Å². The molecule has 1 amide bonds. The molecular formula is C13H10BrClN2O2S. The first kappa shape index (κ1) is 15.0. The van der Waals surface area contributed by atoms with Crippen molar-refractivity contribution < 1.29 is 9.53 Å². The first-order valence-electron chi connectivity index (χ1n) is 5.60. The molecule has 1 heterocycles. The molecule has 20 heavy (non-hydrogen) atoms. The molecule has 0 radical (unpaired) electrons. The molecule has 0 spiro atoms. The van der Waals surface area contributed by atoms with Crippen molar-refractivity contribution in [3.8, 4) is 5.75 Å². The van der Waals surface area contributed by atoms with Crippen molar-refractivity contribution >= 4 is 51.0 Å². The molecule has 0 saturated heterocycles. The summed E-state index contributed by atoms with van der Waals surface area (Å²) >= 11 is 10.8. The molecule has 0 unspecified atom stereocenters. The first-order chi connectivity index (χ1) is 9.65. The Labute approximate surface area is 133 Å². The van der Waals surface area contributed by atoms with E-state index in [2.05, 4.69) is 26.5 Å². The third-order valence-corrected chi connectivity index (χ3v) is 4.04. The smallest absolute Gasteiger partial charge is 0.277 e. The van der Waals surface area contributed by atoms with Gasteiger partial charge in [-0.2, -0.15) is 5.10 Å². The van der Waals surface area contributed by atoms with Crippen LogP contribution in [0.5, 0.6) is 5.75 Å². The number of nitrogens with one attached hydrogen (secondary N) is 1. The normalized spacial score (nSPS) is 10.7. The highest BCUT2D eigenvalue weighted by Crippen LogP contribution is 2.22. The summed E-state index contributed by atoms with van der Waals surface area (Å²) in [4.78, 5) is 12.5. The number of hydrazone groups is 1. The van der Waals surface area contributed by atoms with Gasteiger partial charge < -0.3 is 4.74 Å². The van der Waals surface area contributed by atoms with Crippen LogP contribution in [0.3, 0.4) is 0 Å². The highest BCUT2D eigenvalue weighted by atomic mass is 79.9. The van der Waals surface area contributed by atoms with Crippen molar-refractivity contribution in [3.63, 3.8) is 0 Å². The number of halogens is 2. The van der Waals surface area contributed by atoms with Crippen LogP contribution >= 0.6 is 38.9 Å². The van der Waals surface area contributed by atoms with E-state index in [-0.39, 0.29) is 12.5 Å². The van der Waals surface area contributed by atoms with Crippen LogP contribution in [0.4, 0.5) is 0 Å². The number of thiophene rings is 1. The predicted octanol–water partition coefficient (Wildman–Crippen LogP) is 3.69. The zero-order valence-electron chi connectivity index (χ0n) is 10.2. The fraction of sp³-hybridized carbons (Fsp3) is 0.0769. The van der Waals surface area contributed by atoms with Crippen molar-refractivity contribution in [1.29, 1.82) is 0 Å². The van der Waals surface area contributed by atoms with Gasteiger partial charge in [-0.15, -0.1) is 11.3 Å². The Balaban J connectivity index is 1.78. The maximum absolute atomic E-state index is 11.5. The number of carbonyl (C=O) groups excluding carboxylic acids is 1. The van der Waals surface area contributed by atoms with E-state index in [9.17, 15) is 4.79 Å². The van der Waals surface area contributed by atoms with Crippen LogP contribution in [-0.2, 0) is 4.79 Å². The van der Waals surface area contributed by atoms with Crippen molar-refractivity contribution in [2.75, 3.05) is 6.61 Å². The Morgan fingerprint density at radius 1 is 1.40 bits per heavy atom. The number of hydrogen-bond acceptors (Lipinski definition) is 4. The Morgan fingerprint density at radius 3 is 2.90 bits per heavy atom. The molecular weight excluding hydrogens is 364 g/mol. The molecule has 0 bridgehead atoms. The second-order valence-corrected chi connectivity index (χ2v) is 6.56. The quantitative estimate of drug-likeness (QED) is 0.642. The average molecular weight is 374 g/mol. The van der Waals surface area contributed by atoms with Crippen molar-refractivity contribution in [2.45, 2.75) is 0 Å². The molecule has 0 saturated carbocycles. The largest absolute Gasteiger partial charge is 0.482 e. The van der Waals surface area contributed by atoms with Gasteiger partial charge in [-0.25, -0.2) is 5.43 Å². The number of amides is 1. The lowest BCUT2D eigenvalue weighted by Crippen LogP contribution is -2.24. The highest BCUT2D eigenvalue weighted by molar-refractivity contribution is 9.11. The molecule has 7 heteroatoms. The molecule has 1 aromatic heterocycles. The van der Waals surface area contributed by atoms with E-state index in [1.807, 2.05) is 12.1 Å². The molecule has 1 N–H and O–H groups in total. The third-order valence-electron chi connectivity index (χ3n) is 2.17. The van der Waals surface area contributed by atoms with Gasteiger partial charge in [-0.05, 0) is 40.2 Å². The summed E-state index contributed by atoms with van der Waals surface area (Å²) in [7, 11) is 0. The summed E-state index contributed by atoms with van der Waals surface area (Å²) in [6.45, 7) is -0.144. The van der Waals surface area contributed by atoms with Gasteiger partial charge in [0.15, 0.2) is 6.61 Å². The van der Waals surface area contributed by atoms with Crippen LogP contribution < -0.4 is 10.2 Å². The molecule has 104 valence electrons. The van der Waals surface area contributed by atoms with Gasteiger partial charge in [0.2, 0.25) is 0 Å². The van der Waals surface area contributed by atoms with Gasteiger partial charge in [0, 0.05) is 4.88 Å². The topological polar surface area (TPSA) is 50.7 Å². The Bertz CT molecular complexity index is 630. The standard InChI is InChI=1S/C13H10BrClN2O2S/c14-12-6-5-9(20-12)7-16-17-13(18)8-19-11-4-2-1-3-10(11)15/h1-7H,8H2,(H,17,18)/b16-7-. The highest BCUT2D eigenvalue weighted by Gasteiger charge is 2.04. The van der Waals surface area contributed by atoms with Crippen LogP contribution in [0.25, 0.3) is 0 Å². The van der Waals surface area contributed by atoms with Crippen molar-refractivity contribution in [3.05, 3.63) is 50.1 Å². The van der Waals surface area contributed by atoms with E-state index in [1.54, 1.807) is 30.5 Å². The van der Waals surface area contributed by atoms with Crippen LogP contribution in [0.1, 0.15) is 4.88 Å². The molecule has 2 aromatic rings. The van der Waals surface area contributed by atoms with Gasteiger partial charge in [0.1, 0.15) is 5.75 Å². The molecule has 0 aliphatic heterocycles. The minimum Gasteiger partial charge on any atom is -0.482 e. The minimum absolute atomic E-state index is 0.144. The lowest BCUT2D eigenvalue weighted by molar-refractivity contribution is -0.123. The van der Waals surface area contributed by atoms with E-state index in [4.69, 9.17) is 16.3 Å². The van der Waals surface area contributed by atoms with Crippen LogP contribution in [0, 0.1) is 0 Å². The summed E-state index contributed by atoms with van der Waals surface area (Å²) in [5, 5.41) is 4.31. The Kier molecular flexibility index (Phi) is 5.58. The number of carbonyl (C=O) groups is 1. The molecule has 0 aliphatic carbocycles. The zero-order valence-corrected chi connectivity index (χ0v) is 13.3. The molecule has 4 nitrogen and oxygen atoms in total. The Hall–Kier alpha value is -1.37. The number of nitrogens with zero attached hydrogens (tertiary/aromatic N) is 1. The van der Waals surface area contributed by atoms with Gasteiger partial charge in [-0.3, -0.25) is 4.79 Å². The maximum atomic E-state index is 11.5. The number of hydrogen-bond donors (Lipinski definition) is 1. The average Bonchev–Trinajstić information content (AvgIpc) is 2.83. The SMILES string of the molecule is O=C(COc1ccccc1Cl)N/N=C\c1ccc(Br)s1. The van der Waals surface area contributed by atoms with Gasteiger partial charge >= 0.3 is 0 Å². The molecule has 0 atom stereocenters. The fourth-order valence-electron chi connectivity index (χ4n) is 1.30. The lowest BCUT2D eigenvalue weighted by atomic mass is 10.3. The predicted molar refractivity (Wildman–Crippen MR) is 84.7 cm³/mol. The van der Waals surface area contributed by atoms with Gasteiger partial charge in [0.05, 0.1) is 15.0 Å². The molecule has 0 fully saturated rings. The molecule has 1 aromatic carbocycles. The van der Waals surface area contributed by atoms with Gasteiger partial charge in [-0.1, -0.05) is 23.7 Å². The monoisotopic (exact) mass is 372 g/mol. The number of para-hydroxylation sites is 1. The second-order valence-electron chi connectivity index (χ2n) is 3.65. The third kappa shape index (κ3) is 4.63. The molecule has 2 rings (SSSR count). The van der Waals surface area contributed by atoms with Gasteiger partial charge in [0.25, 0.3) is 5.91 Å². The zero-order chi connectivity index (χ0) is 14.4. The summed E-state index contributed by atoms with van der Waals surface area (Å²) in [6.07, 6.45) is 1.57. The summed E-state index contributed by atoms with van der Waals surface area (Å²) < 4.78 is 6.29. The van der Waals surface area contributed by atoms with E-state index >= 15 is 0 Å². The summed E-state index contributed by atoms with van der Waals surface area (Å²) in [5.41, 5.74) is 2.38. The molecule has 0 aliphatic rings. The van der Waals surface area contributed by atoms with E-state index in [0.29, 0.717) is 10.8 Å². The lowest BCUT2D eigenvalue weighted by Gasteiger charge is -2.06. The number of benzene rings is 1. The van der Waals surface area contributed by atoms with Crippen LogP contribution in [0.15, 0.2) is 45.3 Å². The van der Waals surface area contributed by atoms with Crippen molar-refractivity contribution in [1.82, 2.24) is 5.43 Å². The number of ether oxygens (including phenoxy) is 1. The fourth-order valence-corrected chi connectivity index (χ4v) is 2.79. The first-order valence-corrected chi connectivity index (χ1v) is 7.58. The minimum atomic E-state index is -0.350. The van der Waals surface area contributed by atoms with E-state index < -0.39 is 0 Å². The van der Waals surface area contributed by atoms with Crippen LogP contribution in [-0.4, -0.2) is 18.7 Å².